The summed E-state index contributed by atoms with van der Waals surface area (Å²) in [6.45, 7) is -10.6. The van der Waals surface area contributed by atoms with Crippen molar-refractivity contribution in [3.8, 4) is 0 Å². The maximum atomic E-state index is 8.58. The van der Waals surface area contributed by atoms with Gasteiger partial charge in [-0.1, -0.05) is 12.1 Å². The van der Waals surface area contributed by atoms with E-state index in [1.807, 2.05) is 0 Å². The second-order valence-electron chi connectivity index (χ2n) is 4.73. The number of hydrogen-bond donors (Lipinski definition) is 1. The molecule has 114 valence electrons. The van der Waals surface area contributed by atoms with E-state index < -0.39 is 56.0 Å². The second kappa shape index (κ2) is 5.41. The Morgan fingerprint density at radius 1 is 1.27 bits per heavy atom. The van der Waals surface area contributed by atoms with Crippen LogP contribution < -0.4 is 5.32 Å². The molecule has 4 rings (SSSR count). The van der Waals surface area contributed by atoms with Crippen LogP contribution in [-0.4, -0.2) is 48.7 Å². The van der Waals surface area contributed by atoms with Crippen LogP contribution in [0.5, 0.6) is 0 Å². The van der Waals surface area contributed by atoms with E-state index in [2.05, 4.69) is 10.3 Å². The summed E-state index contributed by atoms with van der Waals surface area (Å²) < 4.78 is 100. The minimum absolute atomic E-state index is 0.106. The molecule has 1 aromatic heterocycles. The zero-order valence-electron chi connectivity index (χ0n) is 23.8. The highest BCUT2D eigenvalue weighted by atomic mass is 32.1. The van der Waals surface area contributed by atoms with Gasteiger partial charge in [0.2, 0.25) is 0 Å². The smallest absolute Gasteiger partial charge is 0.139 e. The number of benzene rings is 1. The number of aryl methyl sites for hydroxylation is 1. The summed E-state index contributed by atoms with van der Waals surface area (Å²) in [5, 5.41) is 3.17. The van der Waals surface area contributed by atoms with Crippen LogP contribution in [0.3, 0.4) is 0 Å². The summed E-state index contributed by atoms with van der Waals surface area (Å²) in [5.41, 5.74) is -0.321. The molecule has 3 heterocycles. The Bertz CT molecular complexity index is 1210. The Morgan fingerprint density at radius 3 is 2.86 bits per heavy atom. The highest BCUT2D eigenvalue weighted by molar-refractivity contribution is 7.16. The van der Waals surface area contributed by atoms with Crippen molar-refractivity contribution in [1.82, 2.24) is 9.80 Å². The molecule has 0 spiro atoms. The van der Waals surface area contributed by atoms with Crippen molar-refractivity contribution in [2.45, 2.75) is 6.92 Å². The predicted molar refractivity (Wildman–Crippen MR) is 94.0 cm³/mol. The van der Waals surface area contributed by atoms with E-state index in [0.717, 1.165) is 18.4 Å². The summed E-state index contributed by atoms with van der Waals surface area (Å²) in [4.78, 5) is 5.62. The highest BCUT2D eigenvalue weighted by Gasteiger charge is 2.25. The first-order valence-electron chi connectivity index (χ1n) is 12.5. The van der Waals surface area contributed by atoms with Crippen molar-refractivity contribution in [2.24, 2.45) is 4.99 Å². The molecule has 2 aromatic rings. The molecule has 0 radical (unpaired) electrons. The Morgan fingerprint density at radius 2 is 2.05 bits per heavy atom. The predicted octanol–water partition coefficient (Wildman–Crippen LogP) is 3.44. The van der Waals surface area contributed by atoms with E-state index in [4.69, 9.17) is 16.4 Å². The molecule has 4 nitrogen and oxygen atoms in total. The van der Waals surface area contributed by atoms with Gasteiger partial charge in [-0.2, -0.15) is 0 Å². The summed E-state index contributed by atoms with van der Waals surface area (Å²) in [6.07, 6.45) is 0. The van der Waals surface area contributed by atoms with Gasteiger partial charge in [-0.25, -0.2) is 4.99 Å². The minimum Gasteiger partial charge on any atom is -0.353 e. The van der Waals surface area contributed by atoms with E-state index in [1.165, 1.54) is 6.07 Å². The third-order valence-corrected chi connectivity index (χ3v) is 4.06. The summed E-state index contributed by atoms with van der Waals surface area (Å²) in [6, 6.07) is -0.598. The zero-order chi connectivity index (χ0) is 25.8. The molecule has 22 heavy (non-hydrogen) atoms. The first-order valence-corrected chi connectivity index (χ1v) is 7.31. The Balaban J connectivity index is 2.13. The molecule has 2 aliphatic rings. The lowest BCUT2D eigenvalue weighted by Crippen LogP contribution is -2.47. The number of rotatable bonds is 0. The standard InChI is InChI=1S/C17H20N4S/c1-12-11-13-16(21-9-7-20(2)8-10-21)18-14-5-3-4-6-15(14)19-17(13)22-12/h3-6,11,19H,7-10H2,1-2H3/i3D,4D,5D,6D,7D2,8D2,9D2,10D2. The molecule has 0 unspecified atom stereocenters. The lowest BCUT2D eigenvalue weighted by Gasteiger charge is -2.34. The van der Waals surface area contributed by atoms with E-state index in [0.29, 0.717) is 14.7 Å². The number of para-hydroxylation sites is 2. The van der Waals surface area contributed by atoms with Crippen molar-refractivity contribution < 1.29 is 16.4 Å². The molecule has 0 atom stereocenters. The van der Waals surface area contributed by atoms with Gasteiger partial charge >= 0.3 is 0 Å². The molecule has 1 N–H and O–H groups in total. The van der Waals surface area contributed by atoms with Crippen molar-refractivity contribution in [3.63, 3.8) is 0 Å². The molecular weight excluding hydrogens is 292 g/mol. The van der Waals surface area contributed by atoms with Gasteiger partial charge in [-0.15, -0.1) is 11.3 Å². The Kier molecular flexibility index (Phi) is 1.47. The molecule has 1 saturated heterocycles. The van der Waals surface area contributed by atoms with Crippen LogP contribution in [-0.2, 0) is 0 Å². The van der Waals surface area contributed by atoms with E-state index in [9.17, 15) is 0 Å². The number of likely N-dealkylation sites (N-methyl/N-ethyl adjacent to an activating group) is 1. The lowest BCUT2D eigenvalue weighted by atomic mass is 10.2. The van der Waals surface area contributed by atoms with Gasteiger partial charge in [0.15, 0.2) is 0 Å². The van der Waals surface area contributed by atoms with Crippen LogP contribution in [0.2, 0.25) is 0 Å². The number of nitrogens with zero attached hydrogens (tertiary/aromatic N) is 3. The Labute approximate surface area is 151 Å². The van der Waals surface area contributed by atoms with Gasteiger partial charge in [0.05, 0.1) is 27.9 Å². The number of piperazine rings is 1. The number of nitrogens with one attached hydrogen (secondary N) is 1. The second-order valence-corrected chi connectivity index (χ2v) is 5.98. The average Bonchev–Trinajstić information content (AvgIpc) is 3.02. The van der Waals surface area contributed by atoms with Crippen LogP contribution in [0, 0.1) is 6.92 Å². The number of amidine groups is 1. The number of thiophene rings is 1. The van der Waals surface area contributed by atoms with Gasteiger partial charge in [-0.3, -0.25) is 0 Å². The van der Waals surface area contributed by atoms with Crippen molar-refractivity contribution in [3.05, 3.63) is 40.7 Å². The minimum atomic E-state index is -3.15. The normalized spacial score (nSPS) is 35.2. The van der Waals surface area contributed by atoms with Crippen LogP contribution in [0.25, 0.3) is 0 Å². The van der Waals surface area contributed by atoms with Gasteiger partial charge in [0.25, 0.3) is 0 Å². The summed E-state index contributed by atoms with van der Waals surface area (Å²) in [5.74, 6) is -0.494. The van der Waals surface area contributed by atoms with E-state index >= 15 is 0 Å². The molecule has 0 bridgehead atoms. The van der Waals surface area contributed by atoms with Crippen LogP contribution in [0.1, 0.15) is 26.9 Å². The van der Waals surface area contributed by atoms with Gasteiger partial charge in [-0.05, 0) is 32.1 Å². The number of anilines is 2. The van der Waals surface area contributed by atoms with Crippen LogP contribution in [0.4, 0.5) is 16.4 Å². The first kappa shape index (κ1) is 5.98. The maximum Gasteiger partial charge on any atom is 0.139 e. The highest BCUT2D eigenvalue weighted by Crippen LogP contribution is 2.39. The van der Waals surface area contributed by atoms with Gasteiger partial charge in [0.1, 0.15) is 10.8 Å². The van der Waals surface area contributed by atoms with Crippen molar-refractivity contribution >= 4 is 33.5 Å². The molecule has 0 amide bonds. The zero-order valence-corrected chi connectivity index (χ0v) is 12.6. The molecule has 1 aromatic carbocycles. The quantitative estimate of drug-likeness (QED) is 0.805. The van der Waals surface area contributed by atoms with Crippen molar-refractivity contribution in [2.75, 3.05) is 38.4 Å². The average molecular weight is 325 g/mol. The van der Waals surface area contributed by atoms with Gasteiger partial charge < -0.3 is 15.1 Å². The molecule has 5 heteroatoms. The van der Waals surface area contributed by atoms with Crippen molar-refractivity contribution in [1.29, 1.82) is 0 Å². The van der Waals surface area contributed by atoms with Crippen LogP contribution >= 0.6 is 11.3 Å². The fraction of sp³-hybridized carbons (Fsp3) is 0.353. The molecule has 0 aliphatic carbocycles. The lowest BCUT2D eigenvalue weighted by molar-refractivity contribution is 0.216. The monoisotopic (exact) mass is 324 g/mol. The van der Waals surface area contributed by atoms with Crippen LogP contribution in [0.15, 0.2) is 35.2 Å². The fourth-order valence-corrected chi connectivity index (χ4v) is 3.03. The van der Waals surface area contributed by atoms with Gasteiger partial charge in [0, 0.05) is 36.3 Å². The third-order valence-electron chi connectivity index (χ3n) is 3.09. The fourth-order valence-electron chi connectivity index (χ4n) is 2.12. The number of hydrogen-bond acceptors (Lipinski definition) is 5. The molecule has 1 fully saturated rings. The molecule has 2 aliphatic heterocycles. The summed E-state index contributed by atoms with van der Waals surface area (Å²) >= 11 is 1.15. The topological polar surface area (TPSA) is 30.9 Å². The number of fused-ring (bicyclic) bond motifs is 2. The SMILES string of the molecule is [2H]c1c([2H])c([2H])c2c(c1[2H])N=C(N1C([2H])([2H])C([2H])([2H])N(C)C([2H])([2H])C1([2H])[2H])c1cc(C)sc1N2. The third kappa shape index (κ3) is 2.40. The molecular formula is C17H20N4S. The summed E-state index contributed by atoms with van der Waals surface area (Å²) in [7, 11) is 0.954. The largest absolute Gasteiger partial charge is 0.353 e. The first-order chi connectivity index (χ1) is 15.4. The number of aliphatic imine (C=N–C) groups is 1. The maximum absolute atomic E-state index is 8.58. The van der Waals surface area contributed by atoms with E-state index in [1.54, 1.807) is 6.92 Å². The molecule has 0 saturated carbocycles. The Hall–Kier alpha value is -1.85. The van der Waals surface area contributed by atoms with E-state index in [-0.39, 0.29) is 21.9 Å².